The van der Waals surface area contributed by atoms with E-state index < -0.39 is 6.04 Å². The first-order valence-electron chi connectivity index (χ1n) is 9.06. The minimum absolute atomic E-state index is 0.0394. The fourth-order valence-corrected chi connectivity index (χ4v) is 3.25. The van der Waals surface area contributed by atoms with Crippen molar-refractivity contribution in [1.82, 2.24) is 19.9 Å². The lowest BCUT2D eigenvalue weighted by Crippen LogP contribution is -2.58. The number of hydrogen-bond acceptors (Lipinski definition) is 5. The van der Waals surface area contributed by atoms with E-state index in [4.69, 9.17) is 4.52 Å². The predicted molar refractivity (Wildman–Crippen MR) is 93.0 cm³/mol. The SMILES string of the molecule is C[C@@H]1C(=O)N(CCc2ccccc2)CC(=O)N1Cc1nc(C2CC2)no1. The molecule has 1 aromatic heterocycles. The van der Waals surface area contributed by atoms with Crippen LogP contribution in [-0.2, 0) is 22.6 Å². The first kappa shape index (κ1) is 16.8. The molecule has 1 aliphatic carbocycles. The van der Waals surface area contributed by atoms with Gasteiger partial charge in [0.15, 0.2) is 5.82 Å². The molecule has 1 atom stereocenters. The maximum absolute atomic E-state index is 12.7. The number of benzene rings is 1. The van der Waals surface area contributed by atoms with Gasteiger partial charge in [-0.25, -0.2) is 0 Å². The molecular formula is C19H22N4O3. The summed E-state index contributed by atoms with van der Waals surface area (Å²) >= 11 is 0. The predicted octanol–water partition coefficient (Wildman–Crippen LogP) is 1.75. The molecule has 1 aliphatic heterocycles. The summed E-state index contributed by atoms with van der Waals surface area (Å²) in [6.45, 7) is 2.59. The summed E-state index contributed by atoms with van der Waals surface area (Å²) in [6.07, 6.45) is 2.92. The third-order valence-corrected chi connectivity index (χ3v) is 5.03. The van der Waals surface area contributed by atoms with Crippen LogP contribution in [0.5, 0.6) is 0 Å². The summed E-state index contributed by atoms with van der Waals surface area (Å²) in [6, 6.07) is 9.44. The molecule has 1 aromatic carbocycles. The monoisotopic (exact) mass is 354 g/mol. The highest BCUT2D eigenvalue weighted by Gasteiger charge is 2.37. The Morgan fingerprint density at radius 1 is 1.19 bits per heavy atom. The van der Waals surface area contributed by atoms with Gasteiger partial charge in [-0.05, 0) is 31.7 Å². The van der Waals surface area contributed by atoms with Crippen molar-refractivity contribution in [1.29, 1.82) is 0 Å². The third kappa shape index (κ3) is 3.47. The van der Waals surface area contributed by atoms with Gasteiger partial charge >= 0.3 is 0 Å². The average molecular weight is 354 g/mol. The van der Waals surface area contributed by atoms with E-state index >= 15 is 0 Å². The quantitative estimate of drug-likeness (QED) is 0.790. The minimum atomic E-state index is -0.525. The van der Waals surface area contributed by atoms with Gasteiger partial charge in [-0.3, -0.25) is 9.59 Å². The molecule has 0 bridgehead atoms. The maximum atomic E-state index is 12.7. The van der Waals surface area contributed by atoms with Crippen LogP contribution in [0.25, 0.3) is 0 Å². The normalized spacial score (nSPS) is 20.7. The van der Waals surface area contributed by atoms with Crippen LogP contribution in [0.3, 0.4) is 0 Å². The second-order valence-electron chi connectivity index (χ2n) is 7.01. The summed E-state index contributed by atoms with van der Waals surface area (Å²) in [5, 5.41) is 3.97. The van der Waals surface area contributed by atoms with E-state index in [1.54, 1.807) is 11.8 Å². The molecule has 2 heterocycles. The number of hydrogen-bond donors (Lipinski definition) is 0. The Morgan fingerprint density at radius 2 is 1.96 bits per heavy atom. The van der Waals surface area contributed by atoms with Crippen LogP contribution in [0, 0.1) is 0 Å². The van der Waals surface area contributed by atoms with Gasteiger partial charge < -0.3 is 14.3 Å². The van der Waals surface area contributed by atoms with Crippen LogP contribution in [0.2, 0.25) is 0 Å². The first-order valence-corrected chi connectivity index (χ1v) is 9.06. The van der Waals surface area contributed by atoms with Gasteiger partial charge in [0.05, 0.1) is 6.54 Å². The van der Waals surface area contributed by atoms with E-state index in [0.717, 1.165) is 24.8 Å². The molecular weight excluding hydrogens is 332 g/mol. The Labute approximate surface area is 152 Å². The largest absolute Gasteiger partial charge is 0.337 e. The smallest absolute Gasteiger partial charge is 0.246 e. The molecule has 2 aliphatic rings. The summed E-state index contributed by atoms with van der Waals surface area (Å²) in [7, 11) is 0. The molecule has 2 amide bonds. The topological polar surface area (TPSA) is 79.5 Å². The number of amides is 2. The van der Waals surface area contributed by atoms with Crippen LogP contribution < -0.4 is 0 Å². The van der Waals surface area contributed by atoms with E-state index in [1.165, 1.54) is 4.90 Å². The van der Waals surface area contributed by atoms with Crippen molar-refractivity contribution >= 4 is 11.8 Å². The maximum Gasteiger partial charge on any atom is 0.246 e. The lowest BCUT2D eigenvalue weighted by atomic mass is 10.1. The standard InChI is InChI=1S/C19H22N4O3/c1-13-19(25)22(10-9-14-5-3-2-4-6-14)12-17(24)23(13)11-16-20-18(21-26-16)15-7-8-15/h2-6,13,15H,7-12H2,1H3/t13-/m1/s1. The summed E-state index contributed by atoms with van der Waals surface area (Å²) in [4.78, 5) is 32.8. The van der Waals surface area contributed by atoms with Crippen molar-refractivity contribution < 1.29 is 14.1 Å². The molecule has 136 valence electrons. The molecule has 1 saturated heterocycles. The van der Waals surface area contributed by atoms with Gasteiger partial charge in [0.2, 0.25) is 17.7 Å². The zero-order chi connectivity index (χ0) is 18.1. The van der Waals surface area contributed by atoms with E-state index in [1.807, 2.05) is 30.3 Å². The Bertz CT molecular complexity index is 800. The van der Waals surface area contributed by atoms with Crippen molar-refractivity contribution in [3.8, 4) is 0 Å². The van der Waals surface area contributed by atoms with Crippen LogP contribution in [0.15, 0.2) is 34.9 Å². The van der Waals surface area contributed by atoms with Gasteiger partial charge in [-0.2, -0.15) is 4.98 Å². The van der Waals surface area contributed by atoms with Gasteiger partial charge in [0, 0.05) is 12.5 Å². The molecule has 7 nitrogen and oxygen atoms in total. The molecule has 2 fully saturated rings. The number of rotatable bonds is 6. The lowest BCUT2D eigenvalue weighted by Gasteiger charge is -2.38. The number of aromatic nitrogens is 2. The third-order valence-electron chi connectivity index (χ3n) is 5.03. The molecule has 1 saturated carbocycles. The van der Waals surface area contributed by atoms with E-state index in [0.29, 0.717) is 24.2 Å². The van der Waals surface area contributed by atoms with E-state index in [9.17, 15) is 9.59 Å². The molecule has 0 unspecified atom stereocenters. The number of piperazine rings is 1. The first-order chi connectivity index (χ1) is 12.6. The molecule has 0 radical (unpaired) electrons. The molecule has 2 aromatic rings. The van der Waals surface area contributed by atoms with Gasteiger partial charge in [-0.15, -0.1) is 0 Å². The molecule has 0 spiro atoms. The van der Waals surface area contributed by atoms with Crippen molar-refractivity contribution in [2.75, 3.05) is 13.1 Å². The number of carbonyl (C=O) groups is 2. The zero-order valence-electron chi connectivity index (χ0n) is 14.8. The summed E-state index contributed by atoms with van der Waals surface area (Å²) in [5.74, 6) is 1.39. The molecule has 26 heavy (non-hydrogen) atoms. The fraction of sp³-hybridized carbons (Fsp3) is 0.474. The van der Waals surface area contributed by atoms with E-state index in [2.05, 4.69) is 10.1 Å². The van der Waals surface area contributed by atoms with Crippen LogP contribution in [-0.4, -0.2) is 50.9 Å². The van der Waals surface area contributed by atoms with Crippen molar-refractivity contribution in [2.24, 2.45) is 0 Å². The second kappa shape index (κ2) is 6.90. The van der Waals surface area contributed by atoms with Crippen molar-refractivity contribution in [3.63, 3.8) is 0 Å². The molecule has 7 heteroatoms. The van der Waals surface area contributed by atoms with Crippen LogP contribution in [0.1, 0.15) is 43.0 Å². The van der Waals surface area contributed by atoms with Crippen LogP contribution >= 0.6 is 0 Å². The molecule has 0 N–H and O–H groups in total. The number of nitrogens with zero attached hydrogens (tertiary/aromatic N) is 4. The Morgan fingerprint density at radius 3 is 2.69 bits per heavy atom. The summed E-state index contributed by atoms with van der Waals surface area (Å²) in [5.41, 5.74) is 1.15. The zero-order valence-corrected chi connectivity index (χ0v) is 14.8. The van der Waals surface area contributed by atoms with Crippen molar-refractivity contribution in [3.05, 3.63) is 47.6 Å². The van der Waals surface area contributed by atoms with Crippen LogP contribution in [0.4, 0.5) is 0 Å². The number of carbonyl (C=O) groups excluding carboxylic acids is 2. The average Bonchev–Trinajstić information content (AvgIpc) is 3.40. The van der Waals surface area contributed by atoms with Gasteiger partial charge in [0.25, 0.3) is 0 Å². The highest BCUT2D eigenvalue weighted by molar-refractivity contribution is 5.94. The Kier molecular flexibility index (Phi) is 4.44. The highest BCUT2D eigenvalue weighted by atomic mass is 16.5. The Balaban J connectivity index is 1.38. The van der Waals surface area contributed by atoms with Gasteiger partial charge in [-0.1, -0.05) is 35.5 Å². The van der Waals surface area contributed by atoms with Crippen molar-refractivity contribution in [2.45, 2.75) is 44.7 Å². The van der Waals surface area contributed by atoms with Gasteiger partial charge in [0.1, 0.15) is 12.6 Å². The minimum Gasteiger partial charge on any atom is -0.337 e. The highest BCUT2D eigenvalue weighted by Crippen LogP contribution is 2.38. The fourth-order valence-electron chi connectivity index (χ4n) is 3.25. The lowest BCUT2D eigenvalue weighted by molar-refractivity contribution is -0.156. The molecule has 4 rings (SSSR count). The van der Waals surface area contributed by atoms with E-state index in [-0.39, 0.29) is 24.9 Å². The summed E-state index contributed by atoms with van der Waals surface area (Å²) < 4.78 is 5.25. The second-order valence-corrected chi connectivity index (χ2v) is 7.01. The Hall–Kier alpha value is -2.70.